The lowest BCUT2D eigenvalue weighted by Crippen LogP contribution is -2.25. The molecule has 1 amide bonds. The van der Waals surface area contributed by atoms with Gasteiger partial charge in [-0.1, -0.05) is 18.2 Å². The lowest BCUT2D eigenvalue weighted by Gasteiger charge is -2.06. The summed E-state index contributed by atoms with van der Waals surface area (Å²) in [6, 6.07) is 7.44. The topological polar surface area (TPSA) is 41.1 Å². The molecule has 0 aliphatic carbocycles. The highest BCUT2D eigenvalue weighted by atomic mass is 16.1. The molecular formula is C10H13N2O. The smallest absolute Gasteiger partial charge is 0.238 e. The molecule has 0 aliphatic heterocycles. The van der Waals surface area contributed by atoms with Gasteiger partial charge in [-0.15, -0.1) is 0 Å². The number of likely N-dealkylation sites (N-methyl/N-ethyl adjacent to an activating group) is 1. The second-order valence-corrected chi connectivity index (χ2v) is 2.74. The van der Waals surface area contributed by atoms with E-state index < -0.39 is 0 Å². The number of amides is 1. The van der Waals surface area contributed by atoms with Crippen LogP contribution in [-0.4, -0.2) is 19.5 Å². The molecule has 69 valence electrons. The van der Waals surface area contributed by atoms with Crippen LogP contribution in [0.15, 0.2) is 24.3 Å². The fourth-order valence-electron chi connectivity index (χ4n) is 0.997. The van der Waals surface area contributed by atoms with Crippen LogP contribution >= 0.6 is 0 Å². The molecule has 1 rings (SSSR count). The van der Waals surface area contributed by atoms with Crippen LogP contribution in [0, 0.1) is 6.92 Å². The minimum Gasteiger partial charge on any atom is -0.325 e. The van der Waals surface area contributed by atoms with Gasteiger partial charge in [-0.25, -0.2) is 0 Å². The summed E-state index contributed by atoms with van der Waals surface area (Å²) in [6.07, 6.45) is 0. The highest BCUT2D eigenvalue weighted by molar-refractivity contribution is 5.93. The van der Waals surface area contributed by atoms with Gasteiger partial charge in [0.1, 0.15) is 0 Å². The van der Waals surface area contributed by atoms with E-state index in [0.29, 0.717) is 6.54 Å². The fraction of sp³-hybridized carbons (Fsp3) is 0.200. The number of carbonyl (C=O) groups excluding carboxylic acids is 1. The molecule has 0 bridgehead atoms. The van der Waals surface area contributed by atoms with Crippen molar-refractivity contribution in [2.75, 3.05) is 18.9 Å². The Bertz CT molecular complexity index is 297. The van der Waals surface area contributed by atoms with Crippen LogP contribution in [0.2, 0.25) is 0 Å². The summed E-state index contributed by atoms with van der Waals surface area (Å²) in [4.78, 5) is 11.2. The normalized spacial score (nSPS) is 9.69. The van der Waals surface area contributed by atoms with Crippen molar-refractivity contribution in [1.82, 2.24) is 5.32 Å². The largest absolute Gasteiger partial charge is 0.325 e. The van der Waals surface area contributed by atoms with Crippen molar-refractivity contribution in [2.24, 2.45) is 0 Å². The fourth-order valence-corrected chi connectivity index (χ4v) is 0.997. The van der Waals surface area contributed by atoms with Gasteiger partial charge in [0.15, 0.2) is 0 Å². The van der Waals surface area contributed by atoms with E-state index in [9.17, 15) is 4.79 Å². The Kier molecular flexibility index (Phi) is 3.46. The Morgan fingerprint density at radius 1 is 1.46 bits per heavy atom. The Morgan fingerprint density at radius 3 is 2.77 bits per heavy atom. The molecule has 13 heavy (non-hydrogen) atoms. The monoisotopic (exact) mass is 177 g/mol. The Hall–Kier alpha value is -1.35. The zero-order valence-corrected chi connectivity index (χ0v) is 7.63. The first kappa shape index (κ1) is 9.74. The molecule has 0 saturated heterocycles. The van der Waals surface area contributed by atoms with E-state index in [1.807, 2.05) is 24.3 Å². The molecule has 1 aromatic rings. The number of carbonyl (C=O) groups is 1. The lowest BCUT2D eigenvalue weighted by molar-refractivity contribution is -0.115. The summed E-state index contributed by atoms with van der Waals surface area (Å²) in [5, 5.41) is 5.52. The van der Waals surface area contributed by atoms with Crippen molar-refractivity contribution in [2.45, 2.75) is 0 Å². The first-order valence-corrected chi connectivity index (χ1v) is 4.09. The third-order valence-electron chi connectivity index (χ3n) is 1.63. The van der Waals surface area contributed by atoms with Crippen molar-refractivity contribution < 1.29 is 4.79 Å². The molecule has 0 aromatic heterocycles. The Labute approximate surface area is 78.2 Å². The molecule has 0 aliphatic rings. The van der Waals surface area contributed by atoms with Gasteiger partial charge in [-0.2, -0.15) is 0 Å². The minimum absolute atomic E-state index is 0.0569. The van der Waals surface area contributed by atoms with E-state index in [-0.39, 0.29) is 5.91 Å². The SMILES string of the molecule is [CH2]c1ccccc1NC(=O)CNC. The summed E-state index contributed by atoms with van der Waals surface area (Å²) in [5.74, 6) is -0.0569. The van der Waals surface area contributed by atoms with E-state index in [1.54, 1.807) is 7.05 Å². The van der Waals surface area contributed by atoms with Gasteiger partial charge in [0.25, 0.3) is 0 Å². The zero-order chi connectivity index (χ0) is 9.68. The molecule has 0 saturated carbocycles. The van der Waals surface area contributed by atoms with E-state index >= 15 is 0 Å². The van der Waals surface area contributed by atoms with E-state index in [0.717, 1.165) is 11.3 Å². The van der Waals surface area contributed by atoms with Crippen LogP contribution in [0.4, 0.5) is 5.69 Å². The average Bonchev–Trinajstić information content (AvgIpc) is 2.09. The average molecular weight is 177 g/mol. The van der Waals surface area contributed by atoms with Crippen LogP contribution in [0.3, 0.4) is 0 Å². The highest BCUT2D eigenvalue weighted by Crippen LogP contribution is 2.12. The van der Waals surface area contributed by atoms with Crippen LogP contribution in [-0.2, 0) is 4.79 Å². The van der Waals surface area contributed by atoms with Gasteiger partial charge in [-0.05, 0) is 25.6 Å². The predicted molar refractivity (Wildman–Crippen MR) is 53.5 cm³/mol. The zero-order valence-electron chi connectivity index (χ0n) is 7.63. The summed E-state index contributed by atoms with van der Waals surface area (Å²) in [6.45, 7) is 4.11. The maximum absolute atomic E-state index is 11.2. The standard InChI is InChI=1S/C10H13N2O/c1-8-5-3-4-6-9(8)12-10(13)7-11-2/h3-6,11H,1,7H2,2H3,(H,12,13). The van der Waals surface area contributed by atoms with Gasteiger partial charge in [-0.3, -0.25) is 4.79 Å². The third-order valence-corrected chi connectivity index (χ3v) is 1.63. The molecule has 3 heteroatoms. The van der Waals surface area contributed by atoms with Crippen LogP contribution in [0.25, 0.3) is 0 Å². The minimum atomic E-state index is -0.0569. The van der Waals surface area contributed by atoms with Crippen molar-refractivity contribution in [1.29, 1.82) is 0 Å². The van der Waals surface area contributed by atoms with Gasteiger partial charge in [0.2, 0.25) is 5.91 Å². The van der Waals surface area contributed by atoms with Crippen LogP contribution in [0.1, 0.15) is 5.56 Å². The van der Waals surface area contributed by atoms with Gasteiger partial charge in [0, 0.05) is 5.69 Å². The lowest BCUT2D eigenvalue weighted by atomic mass is 10.2. The number of anilines is 1. The molecule has 0 atom stereocenters. The number of hydrogen-bond donors (Lipinski definition) is 2. The number of benzene rings is 1. The second kappa shape index (κ2) is 4.62. The number of nitrogens with one attached hydrogen (secondary N) is 2. The quantitative estimate of drug-likeness (QED) is 0.724. The third kappa shape index (κ3) is 2.87. The summed E-state index contributed by atoms with van der Waals surface area (Å²) < 4.78 is 0. The number of hydrogen-bond acceptors (Lipinski definition) is 2. The maximum atomic E-state index is 11.2. The molecule has 2 N–H and O–H groups in total. The van der Waals surface area contributed by atoms with E-state index in [2.05, 4.69) is 17.6 Å². The van der Waals surface area contributed by atoms with Crippen LogP contribution < -0.4 is 10.6 Å². The van der Waals surface area contributed by atoms with Crippen molar-refractivity contribution in [3.05, 3.63) is 36.8 Å². The predicted octanol–water partition coefficient (Wildman–Crippen LogP) is 1.03. The van der Waals surface area contributed by atoms with Crippen molar-refractivity contribution in [3.63, 3.8) is 0 Å². The molecular weight excluding hydrogens is 164 g/mol. The highest BCUT2D eigenvalue weighted by Gasteiger charge is 2.01. The Morgan fingerprint density at radius 2 is 2.15 bits per heavy atom. The summed E-state index contributed by atoms with van der Waals surface area (Å²) in [7, 11) is 1.73. The number of para-hydroxylation sites is 1. The van der Waals surface area contributed by atoms with Crippen molar-refractivity contribution >= 4 is 11.6 Å². The van der Waals surface area contributed by atoms with Crippen molar-refractivity contribution in [3.8, 4) is 0 Å². The molecule has 0 heterocycles. The molecule has 3 nitrogen and oxygen atoms in total. The molecule has 0 spiro atoms. The molecule has 1 radical (unpaired) electrons. The molecule has 0 unspecified atom stereocenters. The molecule has 0 fully saturated rings. The van der Waals surface area contributed by atoms with E-state index in [1.165, 1.54) is 0 Å². The van der Waals surface area contributed by atoms with Gasteiger partial charge >= 0.3 is 0 Å². The molecule has 1 aromatic carbocycles. The summed E-state index contributed by atoms with van der Waals surface area (Å²) in [5.41, 5.74) is 1.59. The maximum Gasteiger partial charge on any atom is 0.238 e. The second-order valence-electron chi connectivity index (χ2n) is 2.74. The first-order chi connectivity index (χ1) is 6.24. The number of rotatable bonds is 3. The first-order valence-electron chi connectivity index (χ1n) is 4.09. The van der Waals surface area contributed by atoms with Crippen LogP contribution in [0.5, 0.6) is 0 Å². The van der Waals surface area contributed by atoms with Gasteiger partial charge < -0.3 is 10.6 Å². The van der Waals surface area contributed by atoms with Gasteiger partial charge in [0.05, 0.1) is 6.54 Å². The van der Waals surface area contributed by atoms with E-state index in [4.69, 9.17) is 0 Å². The summed E-state index contributed by atoms with van der Waals surface area (Å²) >= 11 is 0. The Balaban J connectivity index is 2.63.